The summed E-state index contributed by atoms with van der Waals surface area (Å²) in [6, 6.07) is 1.85. The van der Waals surface area contributed by atoms with Crippen molar-refractivity contribution in [1.82, 2.24) is 10.3 Å². The van der Waals surface area contributed by atoms with Crippen molar-refractivity contribution in [3.05, 3.63) is 23.7 Å². The molecule has 1 amide bonds. The van der Waals surface area contributed by atoms with Crippen LogP contribution in [0.15, 0.2) is 16.7 Å². The first-order valence-corrected chi connectivity index (χ1v) is 6.61. The van der Waals surface area contributed by atoms with Crippen LogP contribution in [-0.4, -0.2) is 23.9 Å². The van der Waals surface area contributed by atoms with Crippen LogP contribution >= 0.6 is 0 Å². The number of carbonyl (C=O) groups excluding carboxylic acids is 1. The van der Waals surface area contributed by atoms with Gasteiger partial charge in [0.1, 0.15) is 0 Å². The van der Waals surface area contributed by atoms with Gasteiger partial charge in [-0.15, -0.1) is 0 Å². The quantitative estimate of drug-likeness (QED) is 0.487. The number of nitrogens with zero attached hydrogens (tertiary/aromatic N) is 1. The molecule has 0 aliphatic carbocycles. The smallest absolute Gasteiger partial charge is 0.301 e. The minimum absolute atomic E-state index is 0.333. The van der Waals surface area contributed by atoms with Crippen LogP contribution in [0.3, 0.4) is 0 Å². The second-order valence-corrected chi connectivity index (χ2v) is 4.79. The first-order valence-electron chi connectivity index (χ1n) is 6.61. The maximum atomic E-state index is 11.5. The van der Waals surface area contributed by atoms with Gasteiger partial charge in [0.2, 0.25) is 0 Å². The number of rotatable bonds is 3. The summed E-state index contributed by atoms with van der Waals surface area (Å²) in [6.45, 7) is 2.95. The van der Waals surface area contributed by atoms with Crippen molar-refractivity contribution >= 4 is 5.91 Å². The highest BCUT2D eigenvalue weighted by atomic mass is 16.3. The fraction of sp³-hybridized carbons (Fsp3) is 0.615. The van der Waals surface area contributed by atoms with Crippen LogP contribution in [0.1, 0.15) is 48.2 Å². The largest absolute Gasteiger partial charge is 0.459 e. The highest BCUT2D eigenvalue weighted by Gasteiger charge is 2.17. The van der Waals surface area contributed by atoms with Crippen LogP contribution in [-0.2, 0) is 6.54 Å². The molecule has 1 aromatic rings. The molecular formula is C13H21N3O2. The lowest BCUT2D eigenvalue weighted by Crippen LogP contribution is -2.32. The van der Waals surface area contributed by atoms with E-state index >= 15 is 0 Å². The molecule has 1 aliphatic heterocycles. The molecule has 0 saturated carbocycles. The van der Waals surface area contributed by atoms with Crippen LogP contribution in [0, 0.1) is 0 Å². The van der Waals surface area contributed by atoms with Gasteiger partial charge < -0.3 is 4.42 Å². The van der Waals surface area contributed by atoms with Crippen molar-refractivity contribution in [2.24, 2.45) is 5.84 Å². The lowest BCUT2D eigenvalue weighted by atomic mass is 10.1. The zero-order valence-corrected chi connectivity index (χ0v) is 10.7. The fourth-order valence-electron chi connectivity index (χ4n) is 2.44. The van der Waals surface area contributed by atoms with Gasteiger partial charge in [-0.1, -0.05) is 19.3 Å². The van der Waals surface area contributed by atoms with E-state index in [4.69, 9.17) is 10.3 Å². The van der Waals surface area contributed by atoms with Crippen molar-refractivity contribution < 1.29 is 9.21 Å². The molecule has 3 N–H and O–H groups in total. The Morgan fingerprint density at radius 2 is 1.94 bits per heavy atom. The zero-order chi connectivity index (χ0) is 12.8. The fourth-order valence-corrected chi connectivity index (χ4v) is 2.44. The molecule has 100 valence electrons. The first-order chi connectivity index (χ1) is 8.81. The maximum Gasteiger partial charge on any atom is 0.301 e. The molecule has 18 heavy (non-hydrogen) atoms. The second kappa shape index (κ2) is 6.56. The molecule has 0 atom stereocenters. The maximum absolute atomic E-state index is 11.5. The SMILES string of the molecule is NNC(=O)c1occc1CN1CCCCCCC1. The normalized spacial score (nSPS) is 18.1. The number of amides is 1. The van der Waals surface area contributed by atoms with E-state index in [2.05, 4.69) is 10.3 Å². The molecule has 1 saturated heterocycles. The Morgan fingerprint density at radius 1 is 1.28 bits per heavy atom. The molecular weight excluding hydrogens is 230 g/mol. The average Bonchev–Trinajstić information content (AvgIpc) is 2.79. The molecule has 0 radical (unpaired) electrons. The van der Waals surface area contributed by atoms with Crippen LogP contribution in [0.5, 0.6) is 0 Å². The van der Waals surface area contributed by atoms with Crippen LogP contribution < -0.4 is 11.3 Å². The predicted octanol–water partition coefficient (Wildman–Crippen LogP) is 1.65. The van der Waals surface area contributed by atoms with E-state index in [0.717, 1.165) is 25.2 Å². The van der Waals surface area contributed by atoms with Gasteiger partial charge in [-0.25, -0.2) is 5.84 Å². The van der Waals surface area contributed by atoms with Gasteiger partial charge in [0.15, 0.2) is 5.76 Å². The molecule has 1 aliphatic rings. The van der Waals surface area contributed by atoms with Gasteiger partial charge in [-0.3, -0.25) is 15.1 Å². The predicted molar refractivity (Wildman–Crippen MR) is 68.7 cm³/mol. The van der Waals surface area contributed by atoms with E-state index < -0.39 is 0 Å². The van der Waals surface area contributed by atoms with Crippen LogP contribution in [0.4, 0.5) is 0 Å². The summed E-state index contributed by atoms with van der Waals surface area (Å²) in [5.74, 6) is 5.11. The van der Waals surface area contributed by atoms with Crippen molar-refractivity contribution in [1.29, 1.82) is 0 Å². The Hall–Kier alpha value is -1.33. The monoisotopic (exact) mass is 251 g/mol. The second-order valence-electron chi connectivity index (χ2n) is 4.79. The number of nitrogens with two attached hydrogens (primary N) is 1. The Bertz CT molecular complexity index is 381. The van der Waals surface area contributed by atoms with Gasteiger partial charge in [-0.05, 0) is 32.0 Å². The number of furan rings is 1. The summed E-state index contributed by atoms with van der Waals surface area (Å²) >= 11 is 0. The molecule has 1 fully saturated rings. The number of likely N-dealkylation sites (tertiary alicyclic amines) is 1. The summed E-state index contributed by atoms with van der Waals surface area (Å²) in [5, 5.41) is 0. The Morgan fingerprint density at radius 3 is 2.61 bits per heavy atom. The molecule has 0 spiro atoms. The summed E-state index contributed by atoms with van der Waals surface area (Å²) in [4.78, 5) is 13.9. The van der Waals surface area contributed by atoms with Gasteiger partial charge >= 0.3 is 5.91 Å². The molecule has 5 heteroatoms. The minimum Gasteiger partial charge on any atom is -0.459 e. The highest BCUT2D eigenvalue weighted by Crippen LogP contribution is 2.16. The van der Waals surface area contributed by atoms with Crippen molar-refractivity contribution in [2.75, 3.05) is 13.1 Å². The summed E-state index contributed by atoms with van der Waals surface area (Å²) in [5.41, 5.74) is 3.03. The average molecular weight is 251 g/mol. The van der Waals surface area contributed by atoms with Gasteiger partial charge in [0, 0.05) is 12.1 Å². The number of nitrogens with one attached hydrogen (secondary N) is 1. The number of hydrogen-bond donors (Lipinski definition) is 2. The summed E-state index contributed by atoms with van der Waals surface area (Å²) in [6.07, 6.45) is 7.97. The van der Waals surface area contributed by atoms with E-state index in [1.54, 1.807) is 6.26 Å². The zero-order valence-electron chi connectivity index (χ0n) is 10.7. The standard InChI is InChI=1S/C13H21N3O2/c14-15-13(17)12-11(6-9-18-12)10-16-7-4-2-1-3-5-8-16/h6,9H,1-5,7-8,10,14H2,(H,15,17). The topological polar surface area (TPSA) is 71.5 Å². The highest BCUT2D eigenvalue weighted by molar-refractivity contribution is 5.92. The lowest BCUT2D eigenvalue weighted by Gasteiger charge is -2.24. The van der Waals surface area contributed by atoms with E-state index in [-0.39, 0.29) is 5.91 Å². The summed E-state index contributed by atoms with van der Waals surface area (Å²) < 4.78 is 5.20. The van der Waals surface area contributed by atoms with Crippen molar-refractivity contribution in [3.63, 3.8) is 0 Å². The van der Waals surface area contributed by atoms with E-state index in [1.165, 1.54) is 32.1 Å². The van der Waals surface area contributed by atoms with Gasteiger partial charge in [-0.2, -0.15) is 0 Å². The van der Waals surface area contributed by atoms with E-state index in [1.807, 2.05) is 6.07 Å². The number of carbonyl (C=O) groups is 1. The number of hydrogen-bond acceptors (Lipinski definition) is 4. The van der Waals surface area contributed by atoms with Crippen LogP contribution in [0.25, 0.3) is 0 Å². The van der Waals surface area contributed by atoms with Gasteiger partial charge in [0.05, 0.1) is 6.26 Å². The molecule has 0 bridgehead atoms. The molecule has 0 aromatic carbocycles. The lowest BCUT2D eigenvalue weighted by molar-refractivity contribution is 0.0922. The van der Waals surface area contributed by atoms with Crippen LogP contribution in [0.2, 0.25) is 0 Å². The van der Waals surface area contributed by atoms with E-state index in [0.29, 0.717) is 5.76 Å². The van der Waals surface area contributed by atoms with E-state index in [9.17, 15) is 4.79 Å². The molecule has 0 unspecified atom stereocenters. The first kappa shape index (κ1) is 13.1. The van der Waals surface area contributed by atoms with Crippen molar-refractivity contribution in [2.45, 2.75) is 38.6 Å². The van der Waals surface area contributed by atoms with Gasteiger partial charge in [0.25, 0.3) is 0 Å². The molecule has 5 nitrogen and oxygen atoms in total. The third-order valence-corrected chi connectivity index (χ3v) is 3.43. The third-order valence-electron chi connectivity index (χ3n) is 3.43. The third kappa shape index (κ3) is 3.34. The number of hydrazine groups is 1. The Kier molecular flexibility index (Phi) is 4.78. The molecule has 2 heterocycles. The minimum atomic E-state index is -0.359. The molecule has 1 aromatic heterocycles. The Labute approximate surface area is 107 Å². The Balaban J connectivity index is 1.99. The molecule has 2 rings (SSSR count). The summed E-state index contributed by atoms with van der Waals surface area (Å²) in [7, 11) is 0. The number of nitrogen functional groups attached to an aromatic ring is 1. The van der Waals surface area contributed by atoms with Crippen molar-refractivity contribution in [3.8, 4) is 0 Å².